The minimum atomic E-state index is -0.968. The number of nitriles is 1. The van der Waals surface area contributed by atoms with E-state index in [-0.39, 0.29) is 5.56 Å². The Hall–Kier alpha value is -3.59. The fraction of sp³-hybridized carbons (Fsp3) is 0.0556. The number of carboxylic acid groups (broad SMARTS) is 1. The van der Waals surface area contributed by atoms with E-state index in [4.69, 9.17) is 15.1 Å². The first kappa shape index (κ1) is 15.3. The summed E-state index contributed by atoms with van der Waals surface area (Å²) in [5.41, 5.74) is 2.67. The minimum absolute atomic E-state index is 0.219. The number of hydrogen-bond acceptors (Lipinski definition) is 4. The Balaban J connectivity index is 0.000000175. The monoisotopic (exact) mass is 319 g/mol. The van der Waals surface area contributed by atoms with Crippen molar-refractivity contribution in [3.8, 4) is 17.5 Å². The highest BCUT2D eigenvalue weighted by Gasteiger charge is 2.04. The Morgan fingerprint density at radius 3 is 2.62 bits per heavy atom. The second-order valence-corrected chi connectivity index (χ2v) is 5.07. The molecule has 2 heterocycles. The Labute approximate surface area is 138 Å². The number of carboxylic acids is 1. The molecule has 24 heavy (non-hydrogen) atoms. The van der Waals surface area contributed by atoms with Crippen molar-refractivity contribution in [1.29, 1.82) is 5.26 Å². The van der Waals surface area contributed by atoms with Gasteiger partial charge in [0.15, 0.2) is 0 Å². The molecular weight excluding hydrogens is 306 g/mol. The van der Waals surface area contributed by atoms with Crippen LogP contribution in [0.3, 0.4) is 0 Å². The van der Waals surface area contributed by atoms with E-state index in [1.54, 1.807) is 18.3 Å². The summed E-state index contributed by atoms with van der Waals surface area (Å²) in [7, 11) is 0. The number of nitrogens with zero attached hydrogens (tertiary/aromatic N) is 3. The topological polar surface area (TPSA) is 88.1 Å². The van der Waals surface area contributed by atoms with E-state index in [0.717, 1.165) is 12.4 Å². The molecule has 1 aliphatic rings. The van der Waals surface area contributed by atoms with Gasteiger partial charge in [0.05, 0.1) is 23.0 Å². The molecule has 0 saturated carbocycles. The summed E-state index contributed by atoms with van der Waals surface area (Å²) in [5.74, 6) is 0.0345. The lowest BCUT2D eigenvalue weighted by atomic mass is 10.2. The zero-order valence-corrected chi connectivity index (χ0v) is 12.6. The normalized spacial score (nSPS) is 11.0. The van der Waals surface area contributed by atoms with Gasteiger partial charge in [-0.05, 0) is 42.0 Å². The van der Waals surface area contributed by atoms with Crippen LogP contribution >= 0.6 is 0 Å². The van der Waals surface area contributed by atoms with Crippen molar-refractivity contribution in [3.05, 3.63) is 77.6 Å². The molecule has 0 atom stereocenters. The molecule has 6 nitrogen and oxygen atoms in total. The van der Waals surface area contributed by atoms with Gasteiger partial charge in [-0.3, -0.25) is 0 Å². The lowest BCUT2D eigenvalue weighted by molar-refractivity contribution is 0.0697. The molecule has 6 heteroatoms. The summed E-state index contributed by atoms with van der Waals surface area (Å²) < 4.78 is 6.70. The first-order valence-electron chi connectivity index (χ1n) is 7.16. The second-order valence-electron chi connectivity index (χ2n) is 5.07. The van der Waals surface area contributed by atoms with Gasteiger partial charge in [-0.25, -0.2) is 9.48 Å². The molecule has 2 aromatic carbocycles. The molecule has 0 aliphatic carbocycles. The van der Waals surface area contributed by atoms with Crippen molar-refractivity contribution in [2.24, 2.45) is 0 Å². The zero-order chi connectivity index (χ0) is 16.9. The van der Waals surface area contributed by atoms with Crippen molar-refractivity contribution >= 4 is 5.97 Å². The van der Waals surface area contributed by atoms with Gasteiger partial charge < -0.3 is 9.84 Å². The molecule has 1 aromatic heterocycles. The third-order valence-electron chi connectivity index (χ3n) is 3.39. The van der Waals surface area contributed by atoms with E-state index in [9.17, 15) is 4.79 Å². The van der Waals surface area contributed by atoms with Crippen LogP contribution in [0.25, 0.3) is 5.69 Å². The Bertz CT molecular complexity index is 889. The van der Waals surface area contributed by atoms with Crippen LogP contribution in [0, 0.1) is 11.3 Å². The quantitative estimate of drug-likeness (QED) is 0.784. The van der Waals surface area contributed by atoms with Gasteiger partial charge in [0.1, 0.15) is 18.4 Å². The summed E-state index contributed by atoms with van der Waals surface area (Å²) in [6, 6.07) is 16.3. The van der Waals surface area contributed by atoms with E-state index in [2.05, 4.69) is 17.2 Å². The van der Waals surface area contributed by atoms with Gasteiger partial charge in [0.25, 0.3) is 0 Å². The van der Waals surface area contributed by atoms with Crippen molar-refractivity contribution in [2.75, 3.05) is 0 Å². The van der Waals surface area contributed by atoms with Gasteiger partial charge in [0.2, 0.25) is 0 Å². The number of ether oxygens (including phenoxy) is 1. The molecule has 1 aliphatic heterocycles. The molecule has 1 N–H and O–H groups in total. The maximum absolute atomic E-state index is 10.6. The maximum Gasteiger partial charge on any atom is 0.335 e. The third-order valence-corrected chi connectivity index (χ3v) is 3.39. The number of benzene rings is 2. The number of fused-ring (bicyclic) bond motifs is 2. The van der Waals surface area contributed by atoms with Gasteiger partial charge in [-0.15, -0.1) is 0 Å². The average Bonchev–Trinajstić information content (AvgIpc) is 3.22. The zero-order valence-electron chi connectivity index (χ0n) is 12.6. The lowest BCUT2D eigenvalue weighted by Crippen LogP contribution is -1.98. The first-order chi connectivity index (χ1) is 11.7. The number of hydrogen-bond donors (Lipinski definition) is 1. The number of rotatable bonds is 2. The molecule has 3 aromatic rings. The molecule has 0 fully saturated rings. The standard InChI is InChI=1S/C11H7N3O2.C7H6O/c12-5-8-6-13-14(7-8)10-3-1-9(2-4-10)11(15)16;1-2-6-4-7(3-1)8-5-6/h1-4,6-7H,(H,15,16);1-4H,5H2. The minimum Gasteiger partial charge on any atom is -0.489 e. The summed E-state index contributed by atoms with van der Waals surface area (Å²) in [4.78, 5) is 10.6. The van der Waals surface area contributed by atoms with Crippen LogP contribution in [0.15, 0.2) is 60.9 Å². The summed E-state index contributed by atoms with van der Waals surface area (Å²) in [5, 5.41) is 21.3. The summed E-state index contributed by atoms with van der Waals surface area (Å²) in [6.07, 6.45) is 3.03. The van der Waals surface area contributed by atoms with Crippen LogP contribution in [-0.2, 0) is 6.61 Å². The fourth-order valence-electron chi connectivity index (χ4n) is 2.17. The largest absolute Gasteiger partial charge is 0.489 e. The van der Waals surface area contributed by atoms with Gasteiger partial charge >= 0.3 is 5.97 Å². The molecule has 2 bridgehead atoms. The van der Waals surface area contributed by atoms with Crippen molar-refractivity contribution in [3.63, 3.8) is 0 Å². The van der Waals surface area contributed by atoms with Crippen LogP contribution < -0.4 is 4.74 Å². The van der Waals surface area contributed by atoms with Crippen LogP contribution in [0.1, 0.15) is 21.5 Å². The predicted octanol–water partition coefficient (Wildman–Crippen LogP) is 3.02. The second kappa shape index (κ2) is 6.67. The van der Waals surface area contributed by atoms with Crippen molar-refractivity contribution < 1.29 is 14.6 Å². The van der Waals surface area contributed by atoms with E-state index >= 15 is 0 Å². The Morgan fingerprint density at radius 1 is 1.25 bits per heavy atom. The third kappa shape index (κ3) is 3.42. The van der Waals surface area contributed by atoms with E-state index in [1.807, 2.05) is 18.2 Å². The smallest absolute Gasteiger partial charge is 0.335 e. The number of aromatic carboxylic acids is 1. The van der Waals surface area contributed by atoms with Crippen molar-refractivity contribution in [2.45, 2.75) is 6.61 Å². The molecule has 0 spiro atoms. The highest BCUT2D eigenvalue weighted by molar-refractivity contribution is 5.87. The van der Waals surface area contributed by atoms with Crippen LogP contribution in [0.5, 0.6) is 5.75 Å². The van der Waals surface area contributed by atoms with Crippen LogP contribution in [0.2, 0.25) is 0 Å². The highest BCUT2D eigenvalue weighted by Crippen LogP contribution is 2.20. The lowest BCUT2D eigenvalue weighted by Gasteiger charge is -2.00. The van der Waals surface area contributed by atoms with E-state index in [1.165, 1.54) is 28.6 Å². The van der Waals surface area contributed by atoms with Crippen LogP contribution in [0.4, 0.5) is 0 Å². The van der Waals surface area contributed by atoms with Gasteiger partial charge in [-0.1, -0.05) is 12.1 Å². The molecule has 0 radical (unpaired) electrons. The van der Waals surface area contributed by atoms with E-state index in [0.29, 0.717) is 11.3 Å². The molecular formula is C18H13N3O3. The Kier molecular flexibility index (Phi) is 4.25. The number of aromatic nitrogens is 2. The molecule has 0 amide bonds. The maximum atomic E-state index is 10.6. The van der Waals surface area contributed by atoms with Gasteiger partial charge in [-0.2, -0.15) is 10.4 Å². The average molecular weight is 319 g/mol. The number of carbonyl (C=O) groups is 1. The van der Waals surface area contributed by atoms with E-state index < -0.39 is 5.97 Å². The molecule has 0 saturated heterocycles. The fourth-order valence-corrected chi connectivity index (χ4v) is 2.17. The highest BCUT2D eigenvalue weighted by atomic mass is 16.5. The Morgan fingerprint density at radius 2 is 2.04 bits per heavy atom. The predicted molar refractivity (Wildman–Crippen MR) is 86.0 cm³/mol. The first-order valence-corrected chi connectivity index (χ1v) is 7.16. The SMILES string of the molecule is N#Cc1cnn(-c2ccc(C(=O)O)cc2)c1.c1cc2cc(c1)OC2. The van der Waals surface area contributed by atoms with Gasteiger partial charge in [0, 0.05) is 6.20 Å². The van der Waals surface area contributed by atoms with Crippen LogP contribution in [-0.4, -0.2) is 20.9 Å². The molecule has 4 rings (SSSR count). The molecule has 0 unspecified atom stereocenters. The van der Waals surface area contributed by atoms with Crippen molar-refractivity contribution in [1.82, 2.24) is 9.78 Å². The summed E-state index contributed by atoms with van der Waals surface area (Å²) in [6.45, 7) is 0.766. The summed E-state index contributed by atoms with van der Waals surface area (Å²) >= 11 is 0. The molecule has 118 valence electrons.